The fourth-order valence-electron chi connectivity index (χ4n) is 3.05. The lowest BCUT2D eigenvalue weighted by Crippen LogP contribution is -2.39. The molecular formula is C18H21ClN4O2. The first-order valence-corrected chi connectivity index (χ1v) is 8.76. The number of carbonyl (C=O) groups is 1. The number of anilines is 2. The number of nitrogens with one attached hydrogen (secondary N) is 1. The summed E-state index contributed by atoms with van der Waals surface area (Å²) in [5.74, 6) is 1.56. The normalized spacial score (nSPS) is 17.4. The zero-order chi connectivity index (χ0) is 17.6. The Kier molecular flexibility index (Phi) is 5.83. The molecule has 2 heterocycles. The zero-order valence-corrected chi connectivity index (χ0v) is 14.6. The number of hydrogen-bond donors (Lipinski definition) is 2. The van der Waals surface area contributed by atoms with Gasteiger partial charge >= 0.3 is 0 Å². The van der Waals surface area contributed by atoms with Gasteiger partial charge in [0.1, 0.15) is 18.0 Å². The van der Waals surface area contributed by atoms with Gasteiger partial charge in [0, 0.05) is 42.2 Å². The molecule has 1 fully saturated rings. The van der Waals surface area contributed by atoms with E-state index in [-0.39, 0.29) is 18.3 Å². The molecule has 0 bridgehead atoms. The van der Waals surface area contributed by atoms with Crippen LogP contribution in [0.15, 0.2) is 36.7 Å². The maximum atomic E-state index is 12.8. The summed E-state index contributed by atoms with van der Waals surface area (Å²) in [6.45, 7) is 1.98. The smallest absolute Gasteiger partial charge is 0.167 e. The standard InChI is InChI=1S/C18H21ClN4O2/c19-15-5-3-13(4-6-15)18(25)14-2-1-8-23(11-14)17-10-16(20-7-9-24)21-12-22-17/h3-6,10,12,14,24H,1-2,7-9,11H2,(H,20,21,22). The highest BCUT2D eigenvalue weighted by Crippen LogP contribution is 2.25. The second-order valence-corrected chi connectivity index (χ2v) is 6.50. The van der Waals surface area contributed by atoms with E-state index >= 15 is 0 Å². The summed E-state index contributed by atoms with van der Waals surface area (Å²) in [6.07, 6.45) is 3.31. The first-order chi connectivity index (χ1) is 12.2. The number of nitrogens with zero attached hydrogens (tertiary/aromatic N) is 3. The molecule has 0 radical (unpaired) electrons. The van der Waals surface area contributed by atoms with Gasteiger partial charge in [-0.15, -0.1) is 0 Å². The van der Waals surface area contributed by atoms with Crippen molar-refractivity contribution in [3.63, 3.8) is 0 Å². The second-order valence-electron chi connectivity index (χ2n) is 6.07. The van der Waals surface area contributed by atoms with E-state index in [1.807, 2.05) is 6.07 Å². The van der Waals surface area contributed by atoms with Crippen LogP contribution < -0.4 is 10.2 Å². The number of aromatic nitrogens is 2. The second kappa shape index (κ2) is 8.27. The summed E-state index contributed by atoms with van der Waals surface area (Å²) < 4.78 is 0. The van der Waals surface area contributed by atoms with E-state index in [9.17, 15) is 4.79 Å². The molecule has 132 valence electrons. The van der Waals surface area contributed by atoms with E-state index < -0.39 is 0 Å². The number of aliphatic hydroxyl groups excluding tert-OH is 1. The molecule has 1 saturated heterocycles. The van der Waals surface area contributed by atoms with Gasteiger partial charge in [0.2, 0.25) is 0 Å². The molecule has 1 aliphatic rings. The van der Waals surface area contributed by atoms with Crippen molar-refractivity contribution < 1.29 is 9.90 Å². The van der Waals surface area contributed by atoms with Crippen LogP contribution in [0.1, 0.15) is 23.2 Å². The first-order valence-electron chi connectivity index (χ1n) is 8.39. The molecule has 0 amide bonds. The molecular weight excluding hydrogens is 340 g/mol. The molecule has 1 aliphatic heterocycles. The number of carbonyl (C=O) groups excluding carboxylic acids is 1. The lowest BCUT2D eigenvalue weighted by atomic mass is 9.90. The Hall–Kier alpha value is -2.18. The van der Waals surface area contributed by atoms with Crippen LogP contribution in [0.4, 0.5) is 11.6 Å². The summed E-state index contributed by atoms with van der Waals surface area (Å²) in [6, 6.07) is 8.92. The van der Waals surface area contributed by atoms with Gasteiger partial charge in [-0.05, 0) is 37.1 Å². The SMILES string of the molecule is O=C(c1ccc(Cl)cc1)C1CCCN(c2cc(NCCO)ncn2)C1. The molecule has 1 aromatic heterocycles. The molecule has 2 aromatic rings. The maximum absolute atomic E-state index is 12.8. The van der Waals surface area contributed by atoms with E-state index in [0.717, 1.165) is 25.2 Å². The summed E-state index contributed by atoms with van der Waals surface area (Å²) in [5.41, 5.74) is 0.698. The van der Waals surface area contributed by atoms with Crippen LogP contribution in [0.3, 0.4) is 0 Å². The molecule has 2 N–H and O–H groups in total. The van der Waals surface area contributed by atoms with Crippen LogP contribution in [0.25, 0.3) is 0 Å². The Morgan fingerprint density at radius 3 is 2.88 bits per heavy atom. The molecule has 1 aromatic carbocycles. The lowest BCUT2D eigenvalue weighted by Gasteiger charge is -2.33. The predicted octanol–water partition coefficient (Wildman–Crippen LogP) is 2.63. The maximum Gasteiger partial charge on any atom is 0.167 e. The monoisotopic (exact) mass is 360 g/mol. The van der Waals surface area contributed by atoms with Crippen molar-refractivity contribution in [2.24, 2.45) is 5.92 Å². The summed E-state index contributed by atoms with van der Waals surface area (Å²) in [5, 5.41) is 12.6. The minimum absolute atomic E-state index is 0.0424. The van der Waals surface area contributed by atoms with Gasteiger partial charge in [0.15, 0.2) is 5.78 Å². The Labute approximate surface area is 151 Å². The quantitative estimate of drug-likeness (QED) is 0.771. The fraction of sp³-hybridized carbons (Fsp3) is 0.389. The number of ketones is 1. The molecule has 0 aliphatic carbocycles. The molecule has 1 atom stereocenters. The third-order valence-corrected chi connectivity index (χ3v) is 4.57. The summed E-state index contributed by atoms with van der Waals surface area (Å²) in [7, 11) is 0. The van der Waals surface area contributed by atoms with Crippen molar-refractivity contribution in [2.75, 3.05) is 36.5 Å². The van der Waals surface area contributed by atoms with Gasteiger partial charge in [-0.1, -0.05) is 11.6 Å². The first kappa shape index (κ1) is 17.6. The van der Waals surface area contributed by atoms with Gasteiger partial charge in [0.25, 0.3) is 0 Å². The van der Waals surface area contributed by atoms with E-state index in [4.69, 9.17) is 16.7 Å². The minimum atomic E-state index is -0.0567. The van der Waals surface area contributed by atoms with Crippen molar-refractivity contribution in [3.05, 3.63) is 47.2 Å². The van der Waals surface area contributed by atoms with E-state index in [1.54, 1.807) is 24.3 Å². The van der Waals surface area contributed by atoms with Crippen LogP contribution in [0, 0.1) is 5.92 Å². The van der Waals surface area contributed by atoms with Gasteiger partial charge in [-0.3, -0.25) is 4.79 Å². The molecule has 0 spiro atoms. The molecule has 7 heteroatoms. The Morgan fingerprint density at radius 1 is 1.32 bits per heavy atom. The van der Waals surface area contributed by atoms with E-state index in [2.05, 4.69) is 20.2 Å². The number of rotatable bonds is 6. The van der Waals surface area contributed by atoms with Crippen LogP contribution in [0.2, 0.25) is 5.02 Å². The van der Waals surface area contributed by atoms with Crippen molar-refractivity contribution in [3.8, 4) is 0 Å². The number of hydrogen-bond acceptors (Lipinski definition) is 6. The van der Waals surface area contributed by atoms with E-state index in [0.29, 0.717) is 29.5 Å². The lowest BCUT2D eigenvalue weighted by molar-refractivity contribution is 0.0907. The van der Waals surface area contributed by atoms with Crippen molar-refractivity contribution in [2.45, 2.75) is 12.8 Å². The highest BCUT2D eigenvalue weighted by atomic mass is 35.5. The third kappa shape index (κ3) is 4.46. The zero-order valence-electron chi connectivity index (χ0n) is 13.9. The van der Waals surface area contributed by atoms with Crippen LogP contribution >= 0.6 is 11.6 Å². The molecule has 6 nitrogen and oxygen atoms in total. The van der Waals surface area contributed by atoms with Crippen molar-refractivity contribution in [1.29, 1.82) is 0 Å². The largest absolute Gasteiger partial charge is 0.395 e. The summed E-state index contributed by atoms with van der Waals surface area (Å²) >= 11 is 5.90. The number of halogens is 1. The summed E-state index contributed by atoms with van der Waals surface area (Å²) in [4.78, 5) is 23.3. The van der Waals surface area contributed by atoms with Crippen LogP contribution in [-0.2, 0) is 0 Å². The highest BCUT2D eigenvalue weighted by Gasteiger charge is 2.27. The van der Waals surface area contributed by atoms with Crippen LogP contribution in [0.5, 0.6) is 0 Å². The van der Waals surface area contributed by atoms with Gasteiger partial charge in [0.05, 0.1) is 6.61 Å². The number of piperidine rings is 1. The van der Waals surface area contributed by atoms with E-state index in [1.165, 1.54) is 6.33 Å². The predicted molar refractivity (Wildman–Crippen MR) is 98.3 cm³/mol. The Bertz CT molecular complexity index is 723. The molecule has 1 unspecified atom stereocenters. The fourth-order valence-corrected chi connectivity index (χ4v) is 3.18. The average Bonchev–Trinajstić information content (AvgIpc) is 2.67. The molecule has 0 saturated carbocycles. The Balaban J connectivity index is 1.70. The topological polar surface area (TPSA) is 78.4 Å². The van der Waals surface area contributed by atoms with Crippen LogP contribution in [-0.4, -0.2) is 47.1 Å². The Morgan fingerprint density at radius 2 is 2.12 bits per heavy atom. The highest BCUT2D eigenvalue weighted by molar-refractivity contribution is 6.30. The average molecular weight is 361 g/mol. The number of aliphatic hydroxyl groups is 1. The number of Topliss-reactive ketones (excluding diaryl/α,β-unsaturated/α-hetero) is 1. The number of benzene rings is 1. The molecule has 25 heavy (non-hydrogen) atoms. The van der Waals surface area contributed by atoms with Crippen molar-refractivity contribution in [1.82, 2.24) is 9.97 Å². The molecule has 3 rings (SSSR count). The van der Waals surface area contributed by atoms with Gasteiger partial charge in [-0.2, -0.15) is 0 Å². The third-order valence-electron chi connectivity index (χ3n) is 4.32. The van der Waals surface area contributed by atoms with Crippen molar-refractivity contribution >= 4 is 29.0 Å². The van der Waals surface area contributed by atoms with Gasteiger partial charge < -0.3 is 15.3 Å². The minimum Gasteiger partial charge on any atom is -0.395 e. The van der Waals surface area contributed by atoms with Gasteiger partial charge in [-0.25, -0.2) is 9.97 Å².